The molecule has 1 aromatic heterocycles. The van der Waals surface area contributed by atoms with E-state index in [2.05, 4.69) is 5.10 Å². The molecule has 0 radical (unpaired) electrons. The number of hydrogen-bond donors (Lipinski definition) is 1. The predicted molar refractivity (Wildman–Crippen MR) is 51.8 cm³/mol. The normalized spacial score (nSPS) is 8.50. The second kappa shape index (κ2) is 6.08. The zero-order valence-corrected chi connectivity index (χ0v) is 8.29. The van der Waals surface area contributed by atoms with Gasteiger partial charge in [0.15, 0.2) is 0 Å². The minimum Gasteiger partial charge on any atom is -0.396 e. The summed E-state index contributed by atoms with van der Waals surface area (Å²) in [6.07, 6.45) is 1.63. The lowest BCUT2D eigenvalue weighted by molar-refractivity contribution is 0.426. The second-order valence-electron chi connectivity index (χ2n) is 2.12. The maximum absolute atomic E-state index is 11.7. The number of aryl methyl sites for hydroxylation is 2. The third-order valence-electron chi connectivity index (χ3n) is 1.30. The van der Waals surface area contributed by atoms with Crippen molar-refractivity contribution in [2.24, 2.45) is 0 Å². The van der Waals surface area contributed by atoms with Crippen molar-refractivity contribution in [1.82, 2.24) is 9.78 Å². The van der Waals surface area contributed by atoms with E-state index < -0.39 is 6.67 Å². The average molecular weight is 216 g/mol. The van der Waals surface area contributed by atoms with E-state index in [0.29, 0.717) is 5.69 Å². The molecular formula is C6H12Cl2FN3. The van der Waals surface area contributed by atoms with E-state index in [1.807, 2.05) is 0 Å². The Labute approximate surface area is 82.9 Å². The van der Waals surface area contributed by atoms with Crippen LogP contribution in [-0.2, 0) is 6.54 Å². The summed E-state index contributed by atoms with van der Waals surface area (Å²) in [5, 5.41) is 3.95. The van der Waals surface area contributed by atoms with Gasteiger partial charge in [0.25, 0.3) is 0 Å². The number of rotatable bonds is 2. The summed E-state index contributed by atoms with van der Waals surface area (Å²) in [7, 11) is 0. The van der Waals surface area contributed by atoms with E-state index in [4.69, 9.17) is 5.73 Å². The molecular weight excluding hydrogens is 204 g/mol. The van der Waals surface area contributed by atoms with Gasteiger partial charge in [-0.2, -0.15) is 5.10 Å². The van der Waals surface area contributed by atoms with Crippen molar-refractivity contribution < 1.29 is 4.39 Å². The molecule has 1 aromatic rings. The first kappa shape index (κ1) is 14.1. The van der Waals surface area contributed by atoms with Crippen molar-refractivity contribution in [3.63, 3.8) is 0 Å². The van der Waals surface area contributed by atoms with Gasteiger partial charge in [-0.05, 0) is 6.92 Å². The van der Waals surface area contributed by atoms with Crippen molar-refractivity contribution >= 4 is 30.5 Å². The molecule has 1 heterocycles. The Balaban J connectivity index is 0. The van der Waals surface area contributed by atoms with Crippen LogP contribution < -0.4 is 5.73 Å². The van der Waals surface area contributed by atoms with Gasteiger partial charge in [-0.1, -0.05) is 0 Å². The van der Waals surface area contributed by atoms with E-state index in [1.165, 1.54) is 4.68 Å². The van der Waals surface area contributed by atoms with E-state index in [1.54, 1.807) is 13.1 Å². The smallest absolute Gasteiger partial charge is 0.109 e. The number of nitrogen functional groups attached to an aromatic ring is 1. The fourth-order valence-electron chi connectivity index (χ4n) is 0.734. The lowest BCUT2D eigenvalue weighted by atomic mass is 10.4. The molecule has 0 unspecified atom stereocenters. The van der Waals surface area contributed by atoms with Crippen molar-refractivity contribution in [2.75, 3.05) is 12.4 Å². The largest absolute Gasteiger partial charge is 0.396 e. The maximum atomic E-state index is 11.7. The fraction of sp³-hybridized carbons (Fsp3) is 0.500. The summed E-state index contributed by atoms with van der Waals surface area (Å²) < 4.78 is 13.2. The van der Waals surface area contributed by atoms with E-state index in [-0.39, 0.29) is 31.4 Å². The number of anilines is 1. The molecule has 6 heteroatoms. The highest BCUT2D eigenvalue weighted by molar-refractivity contribution is 5.85. The SMILES string of the molecule is Cc1nn(CCF)cc1N.Cl.Cl. The van der Waals surface area contributed by atoms with Crippen LogP contribution in [0.25, 0.3) is 0 Å². The molecule has 0 spiro atoms. The molecule has 0 atom stereocenters. The molecule has 0 aromatic carbocycles. The Bertz CT molecular complexity index is 207. The Morgan fingerprint density at radius 2 is 2.17 bits per heavy atom. The maximum Gasteiger partial charge on any atom is 0.109 e. The lowest BCUT2D eigenvalue weighted by Crippen LogP contribution is -1.99. The van der Waals surface area contributed by atoms with Crippen LogP contribution in [0.3, 0.4) is 0 Å². The molecule has 0 amide bonds. The monoisotopic (exact) mass is 215 g/mol. The first-order valence-electron chi connectivity index (χ1n) is 3.09. The van der Waals surface area contributed by atoms with Crippen LogP contribution in [0.1, 0.15) is 5.69 Å². The summed E-state index contributed by atoms with van der Waals surface area (Å²) in [6, 6.07) is 0. The van der Waals surface area contributed by atoms with E-state index >= 15 is 0 Å². The van der Waals surface area contributed by atoms with Crippen LogP contribution in [-0.4, -0.2) is 16.5 Å². The molecule has 0 saturated heterocycles. The Kier molecular flexibility index (Phi) is 7.13. The van der Waals surface area contributed by atoms with Crippen LogP contribution in [0, 0.1) is 6.92 Å². The quantitative estimate of drug-likeness (QED) is 0.815. The molecule has 0 fully saturated rings. The molecule has 2 N–H and O–H groups in total. The van der Waals surface area contributed by atoms with Gasteiger partial charge in [0.1, 0.15) is 6.67 Å². The van der Waals surface area contributed by atoms with Crippen LogP contribution >= 0.6 is 24.8 Å². The predicted octanol–water partition coefficient (Wildman–Crippen LogP) is 1.59. The molecule has 0 saturated carbocycles. The lowest BCUT2D eigenvalue weighted by Gasteiger charge is -1.91. The standard InChI is InChI=1S/C6H10FN3.2ClH/c1-5-6(8)4-10(9-5)3-2-7;;/h4H,2-3,8H2,1H3;2*1H. The van der Waals surface area contributed by atoms with Gasteiger partial charge in [0.05, 0.1) is 17.9 Å². The number of nitrogens with two attached hydrogens (primary N) is 1. The van der Waals surface area contributed by atoms with Crippen LogP contribution in [0.4, 0.5) is 10.1 Å². The first-order chi connectivity index (χ1) is 4.74. The topological polar surface area (TPSA) is 43.8 Å². The molecule has 3 nitrogen and oxygen atoms in total. The number of hydrogen-bond acceptors (Lipinski definition) is 2. The second-order valence-corrected chi connectivity index (χ2v) is 2.12. The highest BCUT2D eigenvalue weighted by Crippen LogP contribution is 2.05. The van der Waals surface area contributed by atoms with Crippen molar-refractivity contribution in [3.05, 3.63) is 11.9 Å². The van der Waals surface area contributed by atoms with Crippen LogP contribution in [0.15, 0.2) is 6.20 Å². The highest BCUT2D eigenvalue weighted by Gasteiger charge is 1.98. The van der Waals surface area contributed by atoms with Gasteiger partial charge < -0.3 is 5.73 Å². The van der Waals surface area contributed by atoms with Crippen molar-refractivity contribution in [2.45, 2.75) is 13.5 Å². The van der Waals surface area contributed by atoms with Gasteiger partial charge in [-0.25, -0.2) is 4.39 Å². The minimum absolute atomic E-state index is 0. The van der Waals surface area contributed by atoms with E-state index in [9.17, 15) is 4.39 Å². The number of halogens is 3. The third-order valence-corrected chi connectivity index (χ3v) is 1.30. The van der Waals surface area contributed by atoms with Crippen LogP contribution in [0.5, 0.6) is 0 Å². The average Bonchev–Trinajstić information content (AvgIpc) is 2.14. The van der Waals surface area contributed by atoms with E-state index in [0.717, 1.165) is 5.69 Å². The first-order valence-corrected chi connectivity index (χ1v) is 3.09. The van der Waals surface area contributed by atoms with Gasteiger partial charge in [0, 0.05) is 6.20 Å². The molecule has 72 valence electrons. The van der Waals surface area contributed by atoms with Gasteiger partial charge >= 0.3 is 0 Å². The molecule has 0 bridgehead atoms. The van der Waals surface area contributed by atoms with Crippen LogP contribution in [0.2, 0.25) is 0 Å². The Hall–Kier alpha value is -0.480. The molecule has 0 aliphatic carbocycles. The highest BCUT2D eigenvalue weighted by atomic mass is 35.5. The molecule has 0 aliphatic heterocycles. The fourth-order valence-corrected chi connectivity index (χ4v) is 0.734. The number of aromatic nitrogens is 2. The molecule has 0 aliphatic rings. The molecule has 12 heavy (non-hydrogen) atoms. The van der Waals surface area contributed by atoms with Crippen molar-refractivity contribution in [3.8, 4) is 0 Å². The number of alkyl halides is 1. The van der Waals surface area contributed by atoms with Gasteiger partial charge in [-0.15, -0.1) is 24.8 Å². The van der Waals surface area contributed by atoms with Gasteiger partial charge in [0.2, 0.25) is 0 Å². The van der Waals surface area contributed by atoms with Gasteiger partial charge in [-0.3, -0.25) is 4.68 Å². The third kappa shape index (κ3) is 3.28. The Morgan fingerprint density at radius 1 is 1.58 bits per heavy atom. The summed E-state index contributed by atoms with van der Waals surface area (Å²) in [5.41, 5.74) is 6.84. The zero-order valence-electron chi connectivity index (χ0n) is 6.66. The molecule has 1 rings (SSSR count). The zero-order chi connectivity index (χ0) is 7.56. The summed E-state index contributed by atoms with van der Waals surface area (Å²) >= 11 is 0. The Morgan fingerprint density at radius 3 is 2.50 bits per heavy atom. The summed E-state index contributed by atoms with van der Waals surface area (Å²) in [6.45, 7) is 1.68. The number of nitrogens with zero attached hydrogens (tertiary/aromatic N) is 2. The summed E-state index contributed by atoms with van der Waals surface area (Å²) in [5.74, 6) is 0. The summed E-state index contributed by atoms with van der Waals surface area (Å²) in [4.78, 5) is 0. The minimum atomic E-state index is -0.402. The van der Waals surface area contributed by atoms with Crippen molar-refractivity contribution in [1.29, 1.82) is 0 Å².